The molecule has 0 heterocycles. The lowest BCUT2D eigenvalue weighted by Crippen LogP contribution is -2.33. The van der Waals surface area contributed by atoms with E-state index in [1.807, 2.05) is 0 Å². The van der Waals surface area contributed by atoms with E-state index in [9.17, 15) is 0 Å². The van der Waals surface area contributed by atoms with Gasteiger partial charge >= 0.3 is 0 Å². The van der Waals surface area contributed by atoms with Gasteiger partial charge in [-0.2, -0.15) is 0 Å². The number of rotatable bonds is 15. The third-order valence-electron chi connectivity index (χ3n) is 6.36. The van der Waals surface area contributed by atoms with Crippen molar-refractivity contribution in [1.82, 2.24) is 0 Å². The van der Waals surface area contributed by atoms with Gasteiger partial charge in [0.25, 0.3) is 0 Å². The average molecular weight is 429 g/mol. The molecule has 0 atom stereocenters. The van der Waals surface area contributed by atoms with Crippen LogP contribution in [0, 0.1) is 0 Å². The molecule has 0 saturated heterocycles. The highest BCUT2D eigenvalue weighted by atomic mass is 16.5. The molecule has 0 aliphatic carbocycles. The maximum atomic E-state index is 6.86. The Morgan fingerprint density at radius 3 is 1.19 bits per heavy atom. The predicted octanol–water partition coefficient (Wildman–Crippen LogP) is 8.92. The monoisotopic (exact) mass is 428 g/mol. The molecule has 0 unspecified atom stereocenters. The van der Waals surface area contributed by atoms with Gasteiger partial charge in [0.05, 0.1) is 0 Å². The van der Waals surface area contributed by atoms with Gasteiger partial charge < -0.3 is 4.74 Å². The van der Waals surface area contributed by atoms with Gasteiger partial charge in [0.15, 0.2) is 0 Å². The minimum Gasteiger partial charge on any atom is -0.361 e. The minimum absolute atomic E-state index is 0.580. The van der Waals surface area contributed by atoms with Crippen molar-refractivity contribution >= 4 is 0 Å². The second kappa shape index (κ2) is 13.9. The zero-order valence-electron chi connectivity index (χ0n) is 19.8. The highest BCUT2D eigenvalue weighted by Gasteiger charge is 2.37. The Morgan fingerprint density at radius 1 is 0.469 bits per heavy atom. The van der Waals surface area contributed by atoms with Crippen LogP contribution in [0.4, 0.5) is 0 Å². The first kappa shape index (κ1) is 24.3. The fourth-order valence-corrected chi connectivity index (χ4v) is 4.58. The van der Waals surface area contributed by atoms with Crippen LogP contribution in [-0.4, -0.2) is 6.61 Å². The number of unbranched alkanes of at least 4 members (excludes halogenated alkanes) is 9. The fraction of sp³-hybridized carbons (Fsp3) is 0.419. The average Bonchev–Trinajstić information content (AvgIpc) is 2.87. The quantitative estimate of drug-likeness (QED) is 0.173. The van der Waals surface area contributed by atoms with Crippen LogP contribution in [0.25, 0.3) is 0 Å². The summed E-state index contributed by atoms with van der Waals surface area (Å²) in [5.41, 5.74) is 2.97. The van der Waals surface area contributed by atoms with E-state index in [0.717, 1.165) is 13.0 Å². The molecule has 0 aliphatic heterocycles. The molecule has 0 aliphatic rings. The van der Waals surface area contributed by atoms with Crippen LogP contribution in [0.15, 0.2) is 91.0 Å². The molecule has 1 heteroatoms. The van der Waals surface area contributed by atoms with Gasteiger partial charge in [-0.05, 0) is 23.1 Å². The molecular weight excluding hydrogens is 388 g/mol. The molecule has 0 N–H and O–H groups in total. The topological polar surface area (TPSA) is 9.23 Å². The first-order valence-corrected chi connectivity index (χ1v) is 12.7. The lowest BCUT2D eigenvalue weighted by Gasteiger charge is -2.36. The Balaban J connectivity index is 1.64. The van der Waals surface area contributed by atoms with Crippen LogP contribution in [0.5, 0.6) is 0 Å². The zero-order chi connectivity index (χ0) is 22.3. The van der Waals surface area contributed by atoms with Gasteiger partial charge in [-0.3, -0.25) is 0 Å². The first-order valence-electron chi connectivity index (χ1n) is 12.7. The smallest absolute Gasteiger partial charge is 0.143 e. The van der Waals surface area contributed by atoms with E-state index < -0.39 is 5.60 Å². The summed E-state index contributed by atoms with van der Waals surface area (Å²) in [5, 5.41) is 0. The molecule has 0 spiro atoms. The highest BCUT2D eigenvalue weighted by Crippen LogP contribution is 2.40. The standard InChI is InChI=1S/C31H40O/c1-2-3-4-5-6-7-8-9-10-20-27-32-31(28-21-14-11-15-22-28,29-23-16-12-17-24-29)30-25-18-13-19-26-30/h11-19,21-26H,2-10,20,27H2,1H3. The third-order valence-corrected chi connectivity index (χ3v) is 6.36. The van der Waals surface area contributed by atoms with Gasteiger partial charge in [-0.25, -0.2) is 0 Å². The van der Waals surface area contributed by atoms with Crippen molar-refractivity contribution in [2.75, 3.05) is 6.61 Å². The Labute approximate surface area is 195 Å². The first-order chi connectivity index (χ1) is 15.9. The number of hydrogen-bond acceptors (Lipinski definition) is 1. The molecular formula is C31H40O. The van der Waals surface area contributed by atoms with Crippen LogP contribution in [0.1, 0.15) is 87.8 Å². The Morgan fingerprint density at radius 2 is 0.812 bits per heavy atom. The molecule has 3 aromatic carbocycles. The molecule has 0 bridgehead atoms. The summed E-state index contributed by atoms with van der Waals surface area (Å²) in [6, 6.07) is 32.1. The number of ether oxygens (including phenoxy) is 1. The lowest BCUT2D eigenvalue weighted by atomic mass is 9.80. The van der Waals surface area contributed by atoms with Crippen LogP contribution in [0.3, 0.4) is 0 Å². The minimum atomic E-state index is -0.580. The van der Waals surface area contributed by atoms with Gasteiger partial charge in [0.1, 0.15) is 5.60 Å². The molecule has 170 valence electrons. The summed E-state index contributed by atoms with van der Waals surface area (Å²) in [6.07, 6.45) is 13.3. The van der Waals surface area contributed by atoms with E-state index in [1.54, 1.807) is 0 Å². The largest absolute Gasteiger partial charge is 0.361 e. The van der Waals surface area contributed by atoms with E-state index in [0.29, 0.717) is 0 Å². The van der Waals surface area contributed by atoms with Crippen molar-refractivity contribution in [2.45, 2.75) is 76.7 Å². The maximum absolute atomic E-state index is 6.86. The molecule has 1 nitrogen and oxygen atoms in total. The van der Waals surface area contributed by atoms with Crippen molar-refractivity contribution in [3.63, 3.8) is 0 Å². The second-order valence-electron chi connectivity index (χ2n) is 8.81. The molecule has 3 rings (SSSR count). The molecule has 0 amide bonds. The normalized spacial score (nSPS) is 11.5. The second-order valence-corrected chi connectivity index (χ2v) is 8.81. The van der Waals surface area contributed by atoms with Crippen LogP contribution >= 0.6 is 0 Å². The summed E-state index contributed by atoms with van der Waals surface area (Å²) in [6.45, 7) is 3.04. The molecule has 0 radical (unpaired) electrons. The maximum Gasteiger partial charge on any atom is 0.143 e. The summed E-state index contributed by atoms with van der Waals surface area (Å²) >= 11 is 0. The Hall–Kier alpha value is -2.38. The summed E-state index contributed by atoms with van der Waals surface area (Å²) < 4.78 is 6.86. The van der Waals surface area contributed by atoms with Gasteiger partial charge in [0.2, 0.25) is 0 Å². The van der Waals surface area contributed by atoms with Crippen molar-refractivity contribution in [3.8, 4) is 0 Å². The van der Waals surface area contributed by atoms with Crippen molar-refractivity contribution in [3.05, 3.63) is 108 Å². The van der Waals surface area contributed by atoms with E-state index in [2.05, 4.69) is 97.9 Å². The number of benzene rings is 3. The molecule has 0 saturated carbocycles. The SMILES string of the molecule is CCCCCCCCCCCCOC(c1ccccc1)(c1ccccc1)c1ccccc1. The predicted molar refractivity (Wildman–Crippen MR) is 137 cm³/mol. The van der Waals surface area contributed by atoms with Gasteiger partial charge in [0, 0.05) is 6.61 Å². The third kappa shape index (κ3) is 6.81. The van der Waals surface area contributed by atoms with E-state index in [1.165, 1.54) is 74.5 Å². The van der Waals surface area contributed by atoms with Crippen LogP contribution < -0.4 is 0 Å². The summed E-state index contributed by atoms with van der Waals surface area (Å²) in [5.74, 6) is 0. The highest BCUT2D eigenvalue weighted by molar-refractivity contribution is 5.47. The number of hydrogen-bond donors (Lipinski definition) is 0. The fourth-order valence-electron chi connectivity index (χ4n) is 4.58. The summed E-state index contributed by atoms with van der Waals surface area (Å²) in [7, 11) is 0. The Bertz CT molecular complexity index is 745. The van der Waals surface area contributed by atoms with E-state index in [4.69, 9.17) is 4.74 Å². The van der Waals surface area contributed by atoms with Crippen molar-refractivity contribution in [1.29, 1.82) is 0 Å². The molecule has 0 aromatic heterocycles. The van der Waals surface area contributed by atoms with E-state index in [-0.39, 0.29) is 0 Å². The van der Waals surface area contributed by atoms with E-state index >= 15 is 0 Å². The van der Waals surface area contributed by atoms with Crippen molar-refractivity contribution < 1.29 is 4.74 Å². The van der Waals surface area contributed by atoms with Gasteiger partial charge in [-0.1, -0.05) is 156 Å². The molecule has 3 aromatic rings. The summed E-state index contributed by atoms with van der Waals surface area (Å²) in [4.78, 5) is 0. The van der Waals surface area contributed by atoms with Crippen LogP contribution in [0.2, 0.25) is 0 Å². The van der Waals surface area contributed by atoms with Crippen molar-refractivity contribution in [2.24, 2.45) is 0 Å². The van der Waals surface area contributed by atoms with Gasteiger partial charge in [-0.15, -0.1) is 0 Å². The van der Waals surface area contributed by atoms with Crippen LogP contribution in [-0.2, 0) is 10.3 Å². The lowest BCUT2D eigenvalue weighted by molar-refractivity contribution is 0.0106. The zero-order valence-corrected chi connectivity index (χ0v) is 19.8. The molecule has 32 heavy (non-hydrogen) atoms. The Kier molecular flexibility index (Phi) is 10.5. The molecule has 0 fully saturated rings.